The molecule has 4 aliphatic rings. The van der Waals surface area contributed by atoms with Gasteiger partial charge in [-0.25, -0.2) is 9.97 Å². The summed E-state index contributed by atoms with van der Waals surface area (Å²) >= 11 is 6.57. The van der Waals surface area contributed by atoms with Gasteiger partial charge in [-0.2, -0.15) is 0 Å². The first-order chi connectivity index (χ1) is 25.7. The molecule has 3 atom stereocenters. The number of amides is 3. The lowest BCUT2D eigenvalue weighted by atomic mass is 9.93. The largest absolute Gasteiger partial charge is 0.507 e. The van der Waals surface area contributed by atoms with Crippen molar-refractivity contribution < 1.29 is 19.5 Å². The smallest absolute Gasteiger partial charge is 0.249 e. The molecule has 2 bridgehead atoms. The summed E-state index contributed by atoms with van der Waals surface area (Å²) in [6, 6.07) is 16.2. The maximum absolute atomic E-state index is 13.3. The number of rotatable bonds is 8. The number of likely N-dealkylation sites (tertiary alicyclic amines) is 1. The van der Waals surface area contributed by atoms with Gasteiger partial charge in [-0.1, -0.05) is 29.8 Å². The Bertz CT molecular complexity index is 2040. The number of nitrogens with zero attached hydrogens (tertiary/aromatic N) is 7. The van der Waals surface area contributed by atoms with Gasteiger partial charge >= 0.3 is 0 Å². The van der Waals surface area contributed by atoms with Crippen molar-refractivity contribution in [3.63, 3.8) is 0 Å². The SMILES string of the molecule is Nc1nnc(-c2ccccc2O)cc1N1C[C@H]2CC[C@@H](C1)N2c1nccc(C2CCN(C(=O)Cc3ccc(N[C@@H]4CCC(=O)NC4=O)cc3Cl)CC2)n1. The second-order valence-electron chi connectivity index (χ2n) is 14.3. The number of phenolic OH excluding ortho intramolecular Hbond substituents is 1. The van der Waals surface area contributed by atoms with E-state index < -0.39 is 6.04 Å². The van der Waals surface area contributed by atoms with Crippen LogP contribution in [-0.2, 0) is 20.8 Å². The number of carbonyl (C=O) groups excluding carboxylic acids is 3. The van der Waals surface area contributed by atoms with Gasteiger partial charge in [0.25, 0.3) is 0 Å². The van der Waals surface area contributed by atoms with Gasteiger partial charge in [0.1, 0.15) is 11.8 Å². The Morgan fingerprint density at radius 1 is 0.981 bits per heavy atom. The van der Waals surface area contributed by atoms with Crippen molar-refractivity contribution >= 4 is 52.5 Å². The number of piperidine rings is 2. The van der Waals surface area contributed by atoms with E-state index in [0.717, 1.165) is 61.7 Å². The first-order valence-corrected chi connectivity index (χ1v) is 18.5. The molecule has 5 N–H and O–H groups in total. The van der Waals surface area contributed by atoms with Crippen LogP contribution in [0.15, 0.2) is 60.8 Å². The van der Waals surface area contributed by atoms with Crippen LogP contribution in [-0.4, -0.2) is 92.2 Å². The second-order valence-corrected chi connectivity index (χ2v) is 14.7. The number of piperazine rings is 1. The number of benzene rings is 2. The van der Waals surface area contributed by atoms with E-state index in [1.807, 2.05) is 47.5 Å². The maximum atomic E-state index is 13.3. The summed E-state index contributed by atoms with van der Waals surface area (Å²) in [4.78, 5) is 53.3. The van der Waals surface area contributed by atoms with E-state index in [2.05, 4.69) is 30.6 Å². The quantitative estimate of drug-likeness (QED) is 0.192. The zero-order valence-electron chi connectivity index (χ0n) is 29.1. The predicted octanol–water partition coefficient (Wildman–Crippen LogP) is 3.90. The molecule has 8 rings (SSSR count). The fourth-order valence-corrected chi connectivity index (χ4v) is 8.37. The molecule has 53 heavy (non-hydrogen) atoms. The highest BCUT2D eigenvalue weighted by molar-refractivity contribution is 6.31. The van der Waals surface area contributed by atoms with Crippen molar-refractivity contribution in [3.05, 3.63) is 77.1 Å². The van der Waals surface area contributed by atoms with Crippen LogP contribution in [0.1, 0.15) is 55.7 Å². The van der Waals surface area contributed by atoms with Crippen molar-refractivity contribution in [3.8, 4) is 17.0 Å². The Morgan fingerprint density at radius 3 is 2.49 bits per heavy atom. The minimum absolute atomic E-state index is 0.0202. The molecule has 0 radical (unpaired) electrons. The molecule has 4 aliphatic heterocycles. The van der Waals surface area contributed by atoms with Crippen molar-refractivity contribution in [1.29, 1.82) is 0 Å². The Kier molecular flexibility index (Phi) is 9.46. The number of aromatic nitrogens is 4. The maximum Gasteiger partial charge on any atom is 0.249 e. The lowest BCUT2D eigenvalue weighted by Crippen LogP contribution is -2.54. The van der Waals surface area contributed by atoms with Gasteiger partial charge in [0.15, 0.2) is 5.82 Å². The molecule has 274 valence electrons. The van der Waals surface area contributed by atoms with Gasteiger partial charge in [-0.3, -0.25) is 19.7 Å². The minimum Gasteiger partial charge on any atom is -0.507 e. The predicted molar refractivity (Wildman–Crippen MR) is 201 cm³/mol. The number of anilines is 4. The minimum atomic E-state index is -0.508. The average Bonchev–Trinajstić information content (AvgIpc) is 3.43. The summed E-state index contributed by atoms with van der Waals surface area (Å²) in [5.74, 6) is 0.872. The molecule has 2 aromatic carbocycles. The summed E-state index contributed by atoms with van der Waals surface area (Å²) in [7, 11) is 0. The summed E-state index contributed by atoms with van der Waals surface area (Å²) in [5.41, 5.74) is 10.7. The van der Waals surface area contributed by atoms with E-state index in [1.54, 1.807) is 18.2 Å². The van der Waals surface area contributed by atoms with Gasteiger partial charge in [0.2, 0.25) is 23.7 Å². The molecule has 4 aromatic rings. The number of carbonyl (C=O) groups is 3. The van der Waals surface area contributed by atoms with Crippen molar-refractivity contribution in [2.24, 2.45) is 0 Å². The molecular formula is C38H41ClN10O4. The lowest BCUT2D eigenvalue weighted by Gasteiger charge is -2.42. The van der Waals surface area contributed by atoms with Crippen LogP contribution in [0, 0.1) is 0 Å². The molecular weight excluding hydrogens is 696 g/mol. The number of aromatic hydroxyl groups is 1. The summed E-state index contributed by atoms with van der Waals surface area (Å²) < 4.78 is 0. The fourth-order valence-electron chi connectivity index (χ4n) is 8.12. The van der Waals surface area contributed by atoms with Crippen molar-refractivity contribution in [2.45, 2.75) is 69.0 Å². The Hall–Kier alpha value is -5.50. The van der Waals surface area contributed by atoms with Crippen LogP contribution in [0.3, 0.4) is 0 Å². The monoisotopic (exact) mass is 736 g/mol. The molecule has 4 saturated heterocycles. The van der Waals surface area contributed by atoms with Gasteiger partial charge in [0.05, 0.1) is 17.8 Å². The number of phenols is 1. The first kappa shape index (κ1) is 34.6. The fraction of sp³-hybridized carbons (Fsp3) is 0.395. The number of nitrogens with two attached hydrogens (primary N) is 1. The normalized spacial score (nSPS) is 21.8. The van der Waals surface area contributed by atoms with Crippen molar-refractivity contribution in [1.82, 2.24) is 30.4 Å². The van der Waals surface area contributed by atoms with Crippen LogP contribution < -0.4 is 26.2 Å². The van der Waals surface area contributed by atoms with Gasteiger partial charge in [-0.05, 0) is 74.1 Å². The highest BCUT2D eigenvalue weighted by Gasteiger charge is 2.42. The van der Waals surface area contributed by atoms with E-state index in [-0.39, 0.29) is 54.3 Å². The van der Waals surface area contributed by atoms with E-state index in [1.165, 1.54) is 0 Å². The van der Waals surface area contributed by atoms with Gasteiger partial charge in [0, 0.05) is 78.8 Å². The number of fused-ring (bicyclic) bond motifs is 2. The Labute approximate surface area is 311 Å². The first-order valence-electron chi connectivity index (χ1n) is 18.1. The highest BCUT2D eigenvalue weighted by atomic mass is 35.5. The molecule has 0 saturated carbocycles. The van der Waals surface area contributed by atoms with Crippen LogP contribution in [0.2, 0.25) is 5.02 Å². The zero-order chi connectivity index (χ0) is 36.6. The molecule has 0 aliphatic carbocycles. The van der Waals surface area contributed by atoms with E-state index in [9.17, 15) is 19.5 Å². The van der Waals surface area contributed by atoms with E-state index >= 15 is 0 Å². The molecule has 4 fully saturated rings. The lowest BCUT2D eigenvalue weighted by molar-refractivity contribution is -0.134. The summed E-state index contributed by atoms with van der Waals surface area (Å²) in [6.07, 6.45) is 6.38. The molecule has 6 heterocycles. The molecule has 14 nitrogen and oxygen atoms in total. The summed E-state index contributed by atoms with van der Waals surface area (Å²) in [6.45, 7) is 2.74. The standard InChI is InChI=1S/C38H41ClN10O4/c39-28-18-24(42-30-9-10-34(51)44-37(30)53)6-5-23(28)17-35(52)47-15-12-22(13-16-47)29-11-14-41-38(43-29)49-25-7-8-26(49)21-48(20-25)32-19-31(45-46-36(32)40)27-3-1-2-4-33(27)50/h1-6,11,14,18-19,22,25-26,30,42,50H,7-10,12-13,15-17,20-21H2,(H2,40,46)(H,44,51,53)/t25-,26+,30-/m1/s1. The topological polar surface area (TPSA) is 183 Å². The van der Waals surface area contributed by atoms with Crippen LogP contribution >= 0.6 is 11.6 Å². The summed E-state index contributed by atoms with van der Waals surface area (Å²) in [5, 5.41) is 24.8. The molecule has 0 unspecified atom stereocenters. The second kappa shape index (κ2) is 14.5. The van der Waals surface area contributed by atoms with Gasteiger partial charge < -0.3 is 30.9 Å². The Balaban J connectivity index is 0.874. The van der Waals surface area contributed by atoms with E-state index in [0.29, 0.717) is 47.3 Å². The number of hydrogen-bond donors (Lipinski definition) is 4. The van der Waals surface area contributed by atoms with Crippen LogP contribution in [0.4, 0.5) is 23.1 Å². The Morgan fingerprint density at radius 2 is 1.75 bits per heavy atom. The van der Waals surface area contributed by atoms with Crippen LogP contribution in [0.5, 0.6) is 5.75 Å². The highest BCUT2D eigenvalue weighted by Crippen LogP contribution is 2.39. The number of para-hydroxylation sites is 1. The van der Waals surface area contributed by atoms with Crippen LogP contribution in [0.25, 0.3) is 11.3 Å². The average molecular weight is 737 g/mol. The van der Waals surface area contributed by atoms with Gasteiger partial charge in [-0.15, -0.1) is 10.2 Å². The number of nitrogens with one attached hydrogen (secondary N) is 2. The molecule has 3 amide bonds. The third-order valence-corrected chi connectivity index (χ3v) is 11.3. The zero-order valence-corrected chi connectivity index (χ0v) is 29.9. The molecule has 2 aromatic heterocycles. The number of halogens is 1. The number of hydrogen-bond acceptors (Lipinski definition) is 12. The third-order valence-electron chi connectivity index (χ3n) is 10.9. The van der Waals surface area contributed by atoms with Crippen molar-refractivity contribution in [2.75, 3.05) is 47.0 Å². The third kappa shape index (κ3) is 7.15. The number of imide groups is 1. The van der Waals surface area contributed by atoms with E-state index in [4.69, 9.17) is 27.3 Å². The molecule has 15 heteroatoms. The molecule has 0 spiro atoms. The number of nitrogen functional groups attached to an aromatic ring is 1.